The Morgan fingerprint density at radius 1 is 0.272 bits per heavy atom. The highest BCUT2D eigenvalue weighted by molar-refractivity contribution is 5.58. The summed E-state index contributed by atoms with van der Waals surface area (Å²) in [6.45, 7) is 50.9. The summed E-state index contributed by atoms with van der Waals surface area (Å²) in [5.41, 5.74) is 14.4. The van der Waals surface area contributed by atoms with Gasteiger partial charge in [-0.1, -0.05) is 231 Å². The van der Waals surface area contributed by atoms with E-state index >= 15 is 0 Å². The summed E-state index contributed by atoms with van der Waals surface area (Å²) < 4.78 is 21.5. The minimum Gasteiger partial charge on any atom is -0.507 e. The Balaban J connectivity index is 1.51. The molecule has 0 radical (unpaired) electrons. The lowest BCUT2D eigenvalue weighted by Crippen LogP contribution is -2.17. The molecular formula is C72H93N3O6. The van der Waals surface area contributed by atoms with Crippen molar-refractivity contribution in [2.24, 2.45) is 0 Å². The SMILES string of the molecule is Cc1cc(Cc2cc(C)cc(C(C)(C)C)c2Oc2nc(Oc3c(Cc4cc(C)cc(C(C)(C)C)c4O)cc(C)cc3C(C)(C)C)nc(Oc3c(Cc4cc(C)cc(C(C)(C)C)c4O)cc(C)cc3C(C)(C)C)n2)c(O)c(C(C)(C)C)c1. The molecular weight excluding hydrogens is 1000 g/mol. The van der Waals surface area contributed by atoms with Gasteiger partial charge in [0.05, 0.1) is 0 Å². The van der Waals surface area contributed by atoms with Crippen LogP contribution in [0.2, 0.25) is 0 Å². The predicted octanol–water partition coefficient (Wildman–Crippen LogP) is 18.8. The van der Waals surface area contributed by atoms with Crippen LogP contribution in [0.4, 0.5) is 0 Å². The van der Waals surface area contributed by atoms with E-state index in [1.165, 1.54) is 0 Å². The third-order valence-electron chi connectivity index (χ3n) is 15.1. The van der Waals surface area contributed by atoms with E-state index in [-0.39, 0.29) is 51.5 Å². The van der Waals surface area contributed by atoms with E-state index in [0.717, 1.165) is 100 Å². The van der Waals surface area contributed by atoms with Crippen molar-refractivity contribution in [1.82, 2.24) is 15.0 Å². The molecule has 0 spiro atoms. The molecule has 1 aromatic heterocycles. The van der Waals surface area contributed by atoms with Crippen LogP contribution in [0.25, 0.3) is 0 Å². The van der Waals surface area contributed by atoms with Gasteiger partial charge < -0.3 is 29.5 Å². The van der Waals surface area contributed by atoms with Crippen molar-refractivity contribution in [3.8, 4) is 52.5 Å². The first-order chi connectivity index (χ1) is 37.1. The first-order valence-electron chi connectivity index (χ1n) is 28.8. The van der Waals surface area contributed by atoms with Gasteiger partial charge in [0.2, 0.25) is 0 Å². The summed E-state index contributed by atoms with van der Waals surface area (Å²) in [6, 6.07) is 24.9. The summed E-state index contributed by atoms with van der Waals surface area (Å²) >= 11 is 0. The average molecular weight is 1100 g/mol. The molecule has 432 valence electrons. The minimum atomic E-state index is -0.410. The normalized spacial score (nSPS) is 12.7. The van der Waals surface area contributed by atoms with Crippen molar-refractivity contribution < 1.29 is 29.5 Å². The van der Waals surface area contributed by atoms with Crippen LogP contribution in [0.15, 0.2) is 72.8 Å². The molecule has 9 heteroatoms. The van der Waals surface area contributed by atoms with Gasteiger partial charge in [-0.3, -0.25) is 0 Å². The highest BCUT2D eigenvalue weighted by Crippen LogP contribution is 2.46. The van der Waals surface area contributed by atoms with Crippen LogP contribution in [-0.4, -0.2) is 30.3 Å². The van der Waals surface area contributed by atoms with Crippen LogP contribution >= 0.6 is 0 Å². The number of hydrogen-bond donors (Lipinski definition) is 3. The molecule has 9 nitrogen and oxygen atoms in total. The fraction of sp³-hybridized carbons (Fsp3) is 0.458. The van der Waals surface area contributed by atoms with E-state index in [9.17, 15) is 15.3 Å². The zero-order chi connectivity index (χ0) is 60.4. The van der Waals surface area contributed by atoms with Crippen LogP contribution in [0.5, 0.6) is 52.5 Å². The van der Waals surface area contributed by atoms with E-state index in [2.05, 4.69) is 221 Å². The van der Waals surface area contributed by atoms with Gasteiger partial charge in [-0.25, -0.2) is 0 Å². The second-order valence-corrected chi connectivity index (χ2v) is 29.4. The van der Waals surface area contributed by atoms with Crippen molar-refractivity contribution in [2.75, 3.05) is 0 Å². The van der Waals surface area contributed by atoms with Crippen LogP contribution in [-0.2, 0) is 51.8 Å². The molecule has 0 saturated heterocycles. The molecule has 0 aliphatic rings. The number of nitrogens with zero attached hydrogens (tertiary/aromatic N) is 3. The Kier molecular flexibility index (Phi) is 16.9. The van der Waals surface area contributed by atoms with Crippen molar-refractivity contribution in [3.05, 3.63) is 173 Å². The Labute approximate surface area is 485 Å². The molecule has 0 aliphatic carbocycles. The van der Waals surface area contributed by atoms with Crippen molar-refractivity contribution in [3.63, 3.8) is 0 Å². The van der Waals surface area contributed by atoms with Crippen LogP contribution < -0.4 is 14.2 Å². The zero-order valence-electron chi connectivity index (χ0n) is 53.5. The minimum absolute atomic E-state index is 0.0521. The van der Waals surface area contributed by atoms with Crippen molar-refractivity contribution in [2.45, 2.75) is 218 Å². The summed E-state index contributed by atoms with van der Waals surface area (Å²) in [6.07, 6.45) is 1.09. The number of benzene rings is 6. The third kappa shape index (κ3) is 14.3. The average Bonchev–Trinajstić information content (AvgIpc) is 3.45. The Morgan fingerprint density at radius 2 is 0.444 bits per heavy atom. The molecule has 0 bridgehead atoms. The lowest BCUT2D eigenvalue weighted by atomic mass is 9.81. The van der Waals surface area contributed by atoms with E-state index in [1.54, 1.807) is 0 Å². The molecule has 0 fully saturated rings. The van der Waals surface area contributed by atoms with E-state index in [4.69, 9.17) is 29.2 Å². The number of rotatable bonds is 12. The maximum atomic E-state index is 12.0. The zero-order valence-corrected chi connectivity index (χ0v) is 53.5. The number of aryl methyl sites for hydroxylation is 6. The molecule has 6 aromatic carbocycles. The molecule has 81 heavy (non-hydrogen) atoms. The van der Waals surface area contributed by atoms with Crippen molar-refractivity contribution >= 4 is 0 Å². The maximum Gasteiger partial charge on any atom is 0.331 e. The fourth-order valence-electron chi connectivity index (χ4n) is 11.0. The van der Waals surface area contributed by atoms with E-state index in [0.29, 0.717) is 36.5 Å². The van der Waals surface area contributed by atoms with Gasteiger partial charge in [-0.15, -0.1) is 15.0 Å². The van der Waals surface area contributed by atoms with Crippen LogP contribution in [0.1, 0.15) is 225 Å². The van der Waals surface area contributed by atoms with Crippen LogP contribution in [0.3, 0.4) is 0 Å². The molecule has 0 aliphatic heterocycles. The quantitative estimate of drug-likeness (QED) is 0.110. The topological polar surface area (TPSA) is 127 Å². The highest BCUT2D eigenvalue weighted by atomic mass is 16.5. The Hall–Kier alpha value is -6.87. The van der Waals surface area contributed by atoms with Gasteiger partial charge in [0.1, 0.15) is 34.5 Å². The fourth-order valence-corrected chi connectivity index (χ4v) is 11.0. The first kappa shape index (κ1) is 61.7. The van der Waals surface area contributed by atoms with Crippen LogP contribution in [0, 0.1) is 41.5 Å². The molecule has 0 saturated carbocycles. The van der Waals surface area contributed by atoms with Gasteiger partial charge in [0, 0.05) is 36.0 Å². The summed E-state index contributed by atoms with van der Waals surface area (Å²) in [4.78, 5) is 15.2. The highest BCUT2D eigenvalue weighted by Gasteiger charge is 2.32. The second kappa shape index (κ2) is 22.1. The summed E-state index contributed by atoms with van der Waals surface area (Å²) in [5, 5.41) is 36.0. The number of phenols is 3. The predicted molar refractivity (Wildman–Crippen MR) is 333 cm³/mol. The largest absolute Gasteiger partial charge is 0.507 e. The van der Waals surface area contributed by atoms with E-state index in [1.807, 2.05) is 18.2 Å². The standard InChI is InChI=1S/C72H93N3O6/c1-40-25-46(58(76)52(31-40)67(7,8)9)37-49-28-43(4)34-55(70(16,17)18)61(49)79-64-73-65(80-62-50(29-44(5)35-56(62)71(19,20)21)38-47-26-41(2)32-53(59(47)77)68(10,11)12)75-66(74-64)81-63-51(30-45(6)36-57(63)72(22,23)24)39-48-27-42(3)33-54(60(48)78)69(13,14)15/h25-36,76-78H,37-39H2,1-24H3. The van der Waals surface area contributed by atoms with E-state index < -0.39 is 16.2 Å². The molecule has 3 N–H and O–H groups in total. The molecule has 7 rings (SSSR count). The lowest BCUT2D eigenvalue weighted by Gasteiger charge is -2.27. The lowest BCUT2D eigenvalue weighted by molar-refractivity contribution is 0.348. The molecule has 7 aromatic rings. The number of hydrogen-bond acceptors (Lipinski definition) is 9. The summed E-state index contributed by atoms with van der Waals surface area (Å²) in [5.74, 6) is 2.46. The molecule has 0 unspecified atom stereocenters. The number of phenolic OH excluding ortho intramolecular Hbond substituents is 3. The second-order valence-electron chi connectivity index (χ2n) is 29.4. The molecule has 0 atom stereocenters. The van der Waals surface area contributed by atoms with Gasteiger partial charge in [0.15, 0.2) is 0 Å². The molecule has 0 amide bonds. The third-order valence-corrected chi connectivity index (χ3v) is 15.1. The van der Waals surface area contributed by atoms with Gasteiger partial charge in [-0.05, 0) is 124 Å². The number of ether oxygens (including phenoxy) is 3. The van der Waals surface area contributed by atoms with Gasteiger partial charge in [0.25, 0.3) is 0 Å². The molecule has 1 heterocycles. The monoisotopic (exact) mass is 1100 g/mol. The maximum absolute atomic E-state index is 12.0. The Morgan fingerprint density at radius 3 is 0.630 bits per heavy atom. The van der Waals surface area contributed by atoms with Crippen molar-refractivity contribution in [1.29, 1.82) is 0 Å². The summed E-state index contributed by atoms with van der Waals surface area (Å²) in [7, 11) is 0. The van der Waals surface area contributed by atoms with Gasteiger partial charge in [-0.2, -0.15) is 0 Å². The first-order valence-corrected chi connectivity index (χ1v) is 28.8. The number of aromatic hydroxyl groups is 3. The number of aromatic nitrogens is 3. The smallest absolute Gasteiger partial charge is 0.331 e. The van der Waals surface area contributed by atoms with Gasteiger partial charge >= 0.3 is 18.0 Å². The Bertz CT molecular complexity index is 3140.